The first-order chi connectivity index (χ1) is 10.4. The molecule has 0 aliphatic rings. The minimum Gasteiger partial charge on any atom is -0.305 e. The fraction of sp³-hybridized carbons (Fsp3) is 1.00. The molecule has 0 aliphatic carbocycles. The van der Waals surface area contributed by atoms with Crippen molar-refractivity contribution < 1.29 is 14.7 Å². The molecular formula is C16H36N2O3. The van der Waals surface area contributed by atoms with Gasteiger partial charge >= 0.3 is 0 Å². The van der Waals surface area contributed by atoms with Crippen LogP contribution in [0.15, 0.2) is 0 Å². The van der Waals surface area contributed by atoms with Gasteiger partial charge in [0, 0.05) is 0 Å². The van der Waals surface area contributed by atoms with Crippen LogP contribution in [0.2, 0.25) is 0 Å². The van der Waals surface area contributed by atoms with Crippen LogP contribution in [0.25, 0.3) is 0 Å². The van der Waals surface area contributed by atoms with E-state index in [1.54, 1.807) is 0 Å². The zero-order chi connectivity index (χ0) is 15.4. The van der Waals surface area contributed by atoms with E-state index in [0.29, 0.717) is 13.2 Å². The Labute approximate surface area is 130 Å². The fourth-order valence-corrected chi connectivity index (χ4v) is 2.52. The molecule has 0 saturated heterocycles. The third kappa shape index (κ3) is 19.8. The van der Waals surface area contributed by atoms with E-state index in [0.717, 1.165) is 12.8 Å². The van der Waals surface area contributed by atoms with Crippen molar-refractivity contribution in [2.75, 3.05) is 13.2 Å². The monoisotopic (exact) mass is 304 g/mol. The van der Waals surface area contributed by atoms with Crippen molar-refractivity contribution in [1.82, 2.24) is 0 Å². The van der Waals surface area contributed by atoms with Crippen molar-refractivity contribution in [3.8, 4) is 0 Å². The molecule has 0 aromatic rings. The van der Waals surface area contributed by atoms with Gasteiger partial charge in [0.25, 0.3) is 0 Å². The minimum atomic E-state index is 0.607. The lowest BCUT2D eigenvalue weighted by molar-refractivity contribution is -0.299. The van der Waals surface area contributed by atoms with Crippen LogP contribution in [0.3, 0.4) is 0 Å². The molecule has 0 fully saturated rings. The second kappa shape index (κ2) is 19.8. The lowest BCUT2D eigenvalue weighted by atomic mass is 10.0. The largest absolute Gasteiger partial charge is 0.305 e. The highest BCUT2D eigenvalue weighted by Crippen LogP contribution is 2.12. The Morgan fingerprint density at radius 1 is 0.429 bits per heavy atom. The maximum absolute atomic E-state index is 4.98. The van der Waals surface area contributed by atoms with Crippen LogP contribution in [-0.4, -0.2) is 13.2 Å². The van der Waals surface area contributed by atoms with E-state index in [9.17, 15) is 0 Å². The molecule has 0 radical (unpaired) electrons. The molecule has 128 valence electrons. The summed E-state index contributed by atoms with van der Waals surface area (Å²) in [7, 11) is 0. The van der Waals surface area contributed by atoms with Crippen molar-refractivity contribution in [3.05, 3.63) is 0 Å². The summed E-state index contributed by atoms with van der Waals surface area (Å²) in [4.78, 5) is 13.2. The molecular weight excluding hydrogens is 268 g/mol. The third-order valence-corrected chi connectivity index (χ3v) is 3.81. The Balaban J connectivity index is 2.90. The van der Waals surface area contributed by atoms with Crippen LogP contribution in [0.4, 0.5) is 0 Å². The van der Waals surface area contributed by atoms with Gasteiger partial charge in [-0.15, -0.1) is 4.99 Å². The van der Waals surface area contributed by atoms with Crippen LogP contribution in [0.1, 0.15) is 89.9 Å². The Morgan fingerprint density at radius 3 is 1.10 bits per heavy atom. The summed E-state index contributed by atoms with van der Waals surface area (Å²) in [5.74, 6) is 9.74. The van der Waals surface area contributed by atoms with Gasteiger partial charge in [0.05, 0.1) is 13.2 Å². The van der Waals surface area contributed by atoms with Gasteiger partial charge in [-0.25, -0.2) is 10.8 Å². The Hall–Kier alpha value is -0.200. The van der Waals surface area contributed by atoms with Crippen LogP contribution in [0.5, 0.6) is 0 Å². The van der Waals surface area contributed by atoms with Crippen molar-refractivity contribution in [1.29, 1.82) is 0 Å². The summed E-state index contributed by atoms with van der Waals surface area (Å²) in [5.41, 5.74) is 0. The summed E-state index contributed by atoms with van der Waals surface area (Å²) in [5, 5.41) is 0. The lowest BCUT2D eigenvalue weighted by Gasteiger charge is -2.03. The molecule has 0 rings (SSSR count). The van der Waals surface area contributed by atoms with E-state index >= 15 is 0 Å². The van der Waals surface area contributed by atoms with Gasteiger partial charge in [-0.2, -0.15) is 5.90 Å². The SMILES string of the molecule is NOCCCCCCCCCCCCCCCCOON. The summed E-state index contributed by atoms with van der Waals surface area (Å²) in [6, 6.07) is 0. The van der Waals surface area contributed by atoms with E-state index in [4.69, 9.17) is 11.8 Å². The molecule has 0 unspecified atom stereocenters. The molecule has 0 amide bonds. The molecule has 5 nitrogen and oxygen atoms in total. The highest BCUT2D eigenvalue weighted by atomic mass is 17.3. The van der Waals surface area contributed by atoms with Crippen LogP contribution < -0.4 is 11.8 Å². The predicted octanol–water partition coefficient (Wildman–Crippen LogP) is 4.16. The van der Waals surface area contributed by atoms with Crippen molar-refractivity contribution in [2.45, 2.75) is 89.9 Å². The predicted molar refractivity (Wildman–Crippen MR) is 86.0 cm³/mol. The molecule has 0 aromatic carbocycles. The second-order valence-electron chi connectivity index (χ2n) is 5.74. The standard InChI is InChI=1S/C16H36N2O3/c17-19-15-13-11-9-7-5-3-1-2-4-6-8-10-12-14-16-20-21-18/h1-18H2. The highest BCUT2D eigenvalue weighted by Gasteiger charge is 1.94. The maximum Gasteiger partial charge on any atom is 0.0842 e. The lowest BCUT2D eigenvalue weighted by Crippen LogP contribution is -2.01. The minimum absolute atomic E-state index is 0.607. The first-order valence-corrected chi connectivity index (χ1v) is 8.72. The van der Waals surface area contributed by atoms with E-state index in [1.165, 1.54) is 77.0 Å². The Bertz CT molecular complexity index is 165. The molecule has 0 bridgehead atoms. The third-order valence-electron chi connectivity index (χ3n) is 3.81. The zero-order valence-corrected chi connectivity index (χ0v) is 13.7. The molecule has 0 aliphatic heterocycles. The zero-order valence-electron chi connectivity index (χ0n) is 13.7. The smallest absolute Gasteiger partial charge is 0.0842 e. The fourth-order valence-electron chi connectivity index (χ4n) is 2.52. The average Bonchev–Trinajstić information content (AvgIpc) is 2.50. The van der Waals surface area contributed by atoms with Crippen LogP contribution >= 0.6 is 0 Å². The second-order valence-corrected chi connectivity index (χ2v) is 5.74. The van der Waals surface area contributed by atoms with Gasteiger partial charge in [-0.1, -0.05) is 77.0 Å². The summed E-state index contributed by atoms with van der Waals surface area (Å²) < 4.78 is 0. The normalized spacial score (nSPS) is 11.1. The van der Waals surface area contributed by atoms with E-state index in [1.807, 2.05) is 0 Å². The molecule has 0 atom stereocenters. The Morgan fingerprint density at radius 2 is 0.762 bits per heavy atom. The quantitative estimate of drug-likeness (QED) is 0.226. The topological polar surface area (TPSA) is 79.7 Å². The van der Waals surface area contributed by atoms with Crippen molar-refractivity contribution in [3.63, 3.8) is 0 Å². The van der Waals surface area contributed by atoms with Crippen molar-refractivity contribution in [2.24, 2.45) is 11.8 Å². The average molecular weight is 304 g/mol. The number of hydrogen-bond acceptors (Lipinski definition) is 5. The molecule has 0 heterocycles. The van der Waals surface area contributed by atoms with Gasteiger partial charge in [0.2, 0.25) is 0 Å². The maximum atomic E-state index is 4.98. The van der Waals surface area contributed by atoms with E-state index < -0.39 is 0 Å². The number of nitrogens with two attached hydrogens (primary N) is 2. The van der Waals surface area contributed by atoms with Gasteiger partial charge in [0.1, 0.15) is 0 Å². The van der Waals surface area contributed by atoms with Crippen molar-refractivity contribution >= 4 is 0 Å². The summed E-state index contributed by atoms with van der Waals surface area (Å²) in [6.45, 7) is 1.31. The van der Waals surface area contributed by atoms with Gasteiger partial charge in [-0.3, -0.25) is 0 Å². The van der Waals surface area contributed by atoms with E-state index in [-0.39, 0.29) is 0 Å². The Kier molecular flexibility index (Phi) is 19.6. The first-order valence-electron chi connectivity index (χ1n) is 8.72. The molecule has 0 saturated carbocycles. The number of rotatable bonds is 18. The molecule has 5 heteroatoms. The van der Waals surface area contributed by atoms with Crippen LogP contribution in [0, 0.1) is 0 Å². The summed E-state index contributed by atoms with van der Waals surface area (Å²) >= 11 is 0. The van der Waals surface area contributed by atoms with E-state index in [2.05, 4.69) is 14.7 Å². The molecule has 0 aromatic heterocycles. The van der Waals surface area contributed by atoms with Crippen LogP contribution in [-0.2, 0) is 14.7 Å². The van der Waals surface area contributed by atoms with Gasteiger partial charge in [-0.05, 0) is 12.8 Å². The molecule has 21 heavy (non-hydrogen) atoms. The summed E-state index contributed by atoms with van der Waals surface area (Å²) in [6.07, 6.45) is 18.2. The number of unbranched alkanes of at least 4 members (excludes halogenated alkanes) is 13. The highest BCUT2D eigenvalue weighted by molar-refractivity contribution is 4.49. The first kappa shape index (κ1) is 20.8. The van der Waals surface area contributed by atoms with Gasteiger partial charge < -0.3 is 4.84 Å². The number of hydrogen-bond donors (Lipinski definition) is 2. The molecule has 0 spiro atoms. The van der Waals surface area contributed by atoms with Gasteiger partial charge in [0.15, 0.2) is 0 Å². The molecule has 4 N–H and O–H groups in total.